The summed E-state index contributed by atoms with van der Waals surface area (Å²) in [7, 11) is 0. The van der Waals surface area contributed by atoms with Crippen LogP contribution < -0.4 is 10.2 Å². The lowest BCUT2D eigenvalue weighted by Gasteiger charge is -2.33. The predicted molar refractivity (Wildman–Crippen MR) is 73.1 cm³/mol. The molecule has 1 aliphatic heterocycles. The molecule has 0 aliphatic carbocycles. The molecule has 0 spiro atoms. The Balaban J connectivity index is 2.12. The fourth-order valence-corrected chi connectivity index (χ4v) is 2.47. The molecule has 2 nitrogen and oxygen atoms in total. The fourth-order valence-electron chi connectivity index (χ4n) is 2.20. The highest BCUT2D eigenvalue weighted by Gasteiger charge is 2.15. The van der Waals surface area contributed by atoms with Gasteiger partial charge in [0.05, 0.1) is 0 Å². The standard InChI is InChI=1S/C13H19BrN2/c1-11-7-9-15-8-2-10-16(11)13-5-3-12(14)4-6-13/h3-6,11,15H,2,7-10H2,1H3. The largest absolute Gasteiger partial charge is 0.369 e. The van der Waals surface area contributed by atoms with Crippen LogP contribution >= 0.6 is 15.9 Å². The summed E-state index contributed by atoms with van der Waals surface area (Å²) < 4.78 is 1.15. The highest BCUT2D eigenvalue weighted by molar-refractivity contribution is 9.10. The Labute approximate surface area is 106 Å². The molecule has 0 saturated carbocycles. The van der Waals surface area contributed by atoms with Crippen LogP contribution in [-0.2, 0) is 0 Å². The number of hydrogen-bond acceptors (Lipinski definition) is 2. The molecule has 1 aliphatic rings. The molecule has 88 valence electrons. The second kappa shape index (κ2) is 5.69. The number of hydrogen-bond donors (Lipinski definition) is 1. The summed E-state index contributed by atoms with van der Waals surface area (Å²) in [6, 6.07) is 9.28. The molecule has 1 unspecified atom stereocenters. The van der Waals surface area contributed by atoms with Crippen LogP contribution in [0.5, 0.6) is 0 Å². The highest BCUT2D eigenvalue weighted by atomic mass is 79.9. The first-order chi connectivity index (χ1) is 7.77. The van der Waals surface area contributed by atoms with Gasteiger partial charge in [-0.15, -0.1) is 0 Å². The first-order valence-corrected chi connectivity index (χ1v) is 6.79. The molecule has 1 fully saturated rings. The summed E-state index contributed by atoms with van der Waals surface area (Å²) in [5.74, 6) is 0. The lowest BCUT2D eigenvalue weighted by atomic mass is 10.1. The molecule has 0 radical (unpaired) electrons. The van der Waals surface area contributed by atoms with Crippen LogP contribution in [0, 0.1) is 0 Å². The molecule has 1 aromatic rings. The number of halogens is 1. The van der Waals surface area contributed by atoms with Gasteiger partial charge in [-0.25, -0.2) is 0 Å². The Morgan fingerprint density at radius 1 is 1.25 bits per heavy atom. The first kappa shape index (κ1) is 11.9. The van der Waals surface area contributed by atoms with Crippen molar-refractivity contribution in [3.63, 3.8) is 0 Å². The van der Waals surface area contributed by atoms with E-state index in [1.807, 2.05) is 0 Å². The molecule has 0 bridgehead atoms. The number of anilines is 1. The van der Waals surface area contributed by atoms with Crippen molar-refractivity contribution >= 4 is 21.6 Å². The minimum Gasteiger partial charge on any atom is -0.369 e. The molecule has 1 atom stereocenters. The maximum absolute atomic E-state index is 3.48. The summed E-state index contributed by atoms with van der Waals surface area (Å²) in [6.07, 6.45) is 2.44. The topological polar surface area (TPSA) is 15.3 Å². The van der Waals surface area contributed by atoms with Crippen molar-refractivity contribution in [2.45, 2.75) is 25.8 Å². The van der Waals surface area contributed by atoms with E-state index in [2.05, 4.69) is 57.3 Å². The van der Waals surface area contributed by atoms with E-state index in [1.165, 1.54) is 18.5 Å². The van der Waals surface area contributed by atoms with Gasteiger partial charge in [0.25, 0.3) is 0 Å². The summed E-state index contributed by atoms with van der Waals surface area (Å²) in [5, 5.41) is 3.46. The maximum Gasteiger partial charge on any atom is 0.0369 e. The van der Waals surface area contributed by atoms with Crippen molar-refractivity contribution < 1.29 is 0 Å². The third-order valence-electron chi connectivity index (χ3n) is 3.18. The molecule has 0 aromatic heterocycles. The van der Waals surface area contributed by atoms with Crippen LogP contribution in [0.3, 0.4) is 0 Å². The Morgan fingerprint density at radius 2 is 2.00 bits per heavy atom. The second-order valence-corrected chi connectivity index (χ2v) is 5.33. The average molecular weight is 283 g/mol. The van der Waals surface area contributed by atoms with Gasteiger partial charge in [0.2, 0.25) is 0 Å². The van der Waals surface area contributed by atoms with E-state index in [4.69, 9.17) is 0 Å². The summed E-state index contributed by atoms with van der Waals surface area (Å²) in [6.45, 7) is 5.73. The van der Waals surface area contributed by atoms with Crippen molar-refractivity contribution in [2.24, 2.45) is 0 Å². The Hall–Kier alpha value is -0.540. The fraction of sp³-hybridized carbons (Fsp3) is 0.538. The van der Waals surface area contributed by atoms with Crippen LogP contribution in [0.2, 0.25) is 0 Å². The predicted octanol–water partition coefficient (Wildman–Crippen LogP) is 3.03. The minimum atomic E-state index is 0.619. The highest BCUT2D eigenvalue weighted by Crippen LogP contribution is 2.22. The maximum atomic E-state index is 3.48. The van der Waals surface area contributed by atoms with Gasteiger partial charge >= 0.3 is 0 Å². The van der Waals surface area contributed by atoms with Crippen molar-refractivity contribution in [3.8, 4) is 0 Å². The Morgan fingerprint density at radius 3 is 2.75 bits per heavy atom. The zero-order valence-electron chi connectivity index (χ0n) is 9.75. The summed E-state index contributed by atoms with van der Waals surface area (Å²) >= 11 is 3.48. The van der Waals surface area contributed by atoms with Crippen molar-refractivity contribution in [2.75, 3.05) is 24.5 Å². The quantitative estimate of drug-likeness (QED) is 0.852. The molecular formula is C13H19BrN2. The third-order valence-corrected chi connectivity index (χ3v) is 3.71. The third kappa shape index (κ3) is 2.98. The number of nitrogens with one attached hydrogen (secondary N) is 1. The van der Waals surface area contributed by atoms with Gasteiger partial charge in [-0.1, -0.05) is 15.9 Å². The van der Waals surface area contributed by atoms with Crippen LogP contribution in [0.4, 0.5) is 5.69 Å². The molecule has 3 heteroatoms. The second-order valence-electron chi connectivity index (χ2n) is 4.41. The zero-order valence-corrected chi connectivity index (χ0v) is 11.3. The molecular weight excluding hydrogens is 264 g/mol. The lowest BCUT2D eigenvalue weighted by Crippen LogP contribution is -2.40. The monoisotopic (exact) mass is 282 g/mol. The minimum absolute atomic E-state index is 0.619. The van der Waals surface area contributed by atoms with Crippen LogP contribution in [0.15, 0.2) is 28.7 Å². The van der Waals surface area contributed by atoms with Crippen molar-refractivity contribution in [3.05, 3.63) is 28.7 Å². The van der Waals surface area contributed by atoms with Gasteiger partial charge in [0.15, 0.2) is 0 Å². The smallest absolute Gasteiger partial charge is 0.0369 e. The van der Waals surface area contributed by atoms with E-state index >= 15 is 0 Å². The average Bonchev–Trinajstić information content (AvgIpc) is 2.26. The molecule has 2 rings (SSSR count). The van der Waals surface area contributed by atoms with Gasteiger partial charge in [-0.3, -0.25) is 0 Å². The van der Waals surface area contributed by atoms with Gasteiger partial charge in [-0.2, -0.15) is 0 Å². The number of benzene rings is 1. The van der Waals surface area contributed by atoms with E-state index in [1.54, 1.807) is 0 Å². The van der Waals surface area contributed by atoms with Crippen LogP contribution in [0.25, 0.3) is 0 Å². The number of nitrogens with zero attached hydrogens (tertiary/aromatic N) is 1. The van der Waals surface area contributed by atoms with E-state index in [0.717, 1.165) is 24.1 Å². The van der Waals surface area contributed by atoms with Crippen molar-refractivity contribution in [1.29, 1.82) is 0 Å². The van der Waals surface area contributed by atoms with Gasteiger partial charge in [0, 0.05) is 22.7 Å². The van der Waals surface area contributed by atoms with Crippen molar-refractivity contribution in [1.82, 2.24) is 5.32 Å². The molecule has 1 N–H and O–H groups in total. The van der Waals surface area contributed by atoms with Gasteiger partial charge in [0.1, 0.15) is 0 Å². The SMILES string of the molecule is CC1CCNCCCN1c1ccc(Br)cc1. The molecule has 16 heavy (non-hydrogen) atoms. The van der Waals surface area contributed by atoms with Gasteiger partial charge in [-0.05, 0) is 57.1 Å². The normalized spacial score (nSPS) is 22.6. The van der Waals surface area contributed by atoms with E-state index < -0.39 is 0 Å². The zero-order chi connectivity index (χ0) is 11.4. The molecule has 1 aromatic carbocycles. The first-order valence-electron chi connectivity index (χ1n) is 6.00. The Bertz CT molecular complexity index is 323. The van der Waals surface area contributed by atoms with Crippen LogP contribution in [-0.4, -0.2) is 25.7 Å². The lowest BCUT2D eigenvalue weighted by molar-refractivity contribution is 0.499. The van der Waals surface area contributed by atoms with Crippen LogP contribution in [0.1, 0.15) is 19.8 Å². The summed E-state index contributed by atoms with van der Waals surface area (Å²) in [4.78, 5) is 2.52. The van der Waals surface area contributed by atoms with E-state index in [9.17, 15) is 0 Å². The van der Waals surface area contributed by atoms with E-state index in [0.29, 0.717) is 6.04 Å². The van der Waals surface area contributed by atoms with Gasteiger partial charge < -0.3 is 10.2 Å². The molecule has 1 saturated heterocycles. The number of rotatable bonds is 1. The molecule has 0 amide bonds. The summed E-state index contributed by atoms with van der Waals surface area (Å²) in [5.41, 5.74) is 1.35. The Kier molecular flexibility index (Phi) is 4.24. The van der Waals surface area contributed by atoms with E-state index in [-0.39, 0.29) is 0 Å². The molecule has 1 heterocycles.